The highest BCUT2D eigenvalue weighted by atomic mass is 16.2. The summed E-state index contributed by atoms with van der Waals surface area (Å²) in [5.74, 6) is -0.199. The van der Waals surface area contributed by atoms with Crippen LogP contribution in [0, 0.1) is 6.92 Å². The number of hydrogen-bond donors (Lipinski definition) is 1. The van der Waals surface area contributed by atoms with Crippen molar-refractivity contribution in [3.63, 3.8) is 0 Å². The fraction of sp³-hybridized carbons (Fsp3) is 0.227. The zero-order valence-corrected chi connectivity index (χ0v) is 15.6. The van der Waals surface area contributed by atoms with E-state index < -0.39 is 6.04 Å². The number of aromatic amines is 1. The first-order chi connectivity index (χ1) is 13.6. The minimum absolute atomic E-state index is 0.0206. The average molecular weight is 372 g/mol. The molecule has 1 aromatic heterocycles. The van der Waals surface area contributed by atoms with Crippen molar-refractivity contribution in [3.8, 4) is 0 Å². The molecule has 3 aromatic rings. The van der Waals surface area contributed by atoms with Crippen LogP contribution in [0.15, 0.2) is 53.6 Å². The normalized spacial score (nSPS) is 19.4. The van der Waals surface area contributed by atoms with E-state index in [1.807, 2.05) is 49.4 Å². The predicted molar refractivity (Wildman–Crippen MR) is 107 cm³/mol. The summed E-state index contributed by atoms with van der Waals surface area (Å²) >= 11 is 0. The third-order valence-electron chi connectivity index (χ3n) is 5.54. The minimum atomic E-state index is -0.498. The Hall–Kier alpha value is -3.41. The third kappa shape index (κ3) is 2.69. The molecule has 1 atom stereocenters. The highest BCUT2D eigenvalue weighted by Gasteiger charge is 2.43. The van der Waals surface area contributed by atoms with E-state index in [0.717, 1.165) is 33.3 Å². The van der Waals surface area contributed by atoms with Crippen LogP contribution >= 0.6 is 0 Å². The minimum Gasteiger partial charge on any atom is -0.357 e. The largest absolute Gasteiger partial charge is 0.357 e. The molecule has 6 nitrogen and oxygen atoms in total. The summed E-state index contributed by atoms with van der Waals surface area (Å²) in [6.45, 7) is 2.42. The molecule has 2 aliphatic heterocycles. The molecule has 5 rings (SSSR count). The fourth-order valence-electron chi connectivity index (χ4n) is 4.14. The number of H-pyrrole nitrogens is 1. The van der Waals surface area contributed by atoms with Gasteiger partial charge in [0.05, 0.1) is 12.8 Å². The highest BCUT2D eigenvalue weighted by Crippen LogP contribution is 2.32. The molecule has 0 spiro atoms. The van der Waals surface area contributed by atoms with Gasteiger partial charge in [0.25, 0.3) is 5.91 Å². The van der Waals surface area contributed by atoms with Gasteiger partial charge in [0.15, 0.2) is 0 Å². The number of piperazine rings is 1. The Bertz CT molecular complexity index is 1130. The topological polar surface area (TPSA) is 68.8 Å². The van der Waals surface area contributed by atoms with Gasteiger partial charge in [-0.25, -0.2) is 5.01 Å². The van der Waals surface area contributed by atoms with Gasteiger partial charge >= 0.3 is 0 Å². The number of aromatic nitrogens is 1. The Labute approximate surface area is 162 Å². The summed E-state index contributed by atoms with van der Waals surface area (Å²) in [6.07, 6.45) is 2.16. The molecule has 2 aliphatic rings. The highest BCUT2D eigenvalue weighted by molar-refractivity contribution is 5.97. The maximum absolute atomic E-state index is 13.1. The van der Waals surface area contributed by atoms with Crippen LogP contribution in [0.25, 0.3) is 10.9 Å². The molecule has 0 aliphatic carbocycles. The summed E-state index contributed by atoms with van der Waals surface area (Å²) in [5.41, 5.74) is 5.22. The van der Waals surface area contributed by atoms with Crippen LogP contribution in [0.2, 0.25) is 0 Å². The summed E-state index contributed by atoms with van der Waals surface area (Å²) in [5, 5.41) is 6.76. The van der Waals surface area contributed by atoms with Gasteiger partial charge in [-0.05, 0) is 24.1 Å². The lowest BCUT2D eigenvalue weighted by Crippen LogP contribution is -2.60. The maximum Gasteiger partial charge on any atom is 0.266 e. The molecule has 1 fully saturated rings. The first kappa shape index (κ1) is 16.7. The zero-order chi connectivity index (χ0) is 19.3. The van der Waals surface area contributed by atoms with Gasteiger partial charge in [0, 0.05) is 23.0 Å². The molecule has 3 heterocycles. The molecular formula is C22H20N4O2. The van der Waals surface area contributed by atoms with Crippen LogP contribution in [-0.4, -0.2) is 45.5 Å². The van der Waals surface area contributed by atoms with Crippen molar-refractivity contribution in [1.29, 1.82) is 0 Å². The van der Waals surface area contributed by atoms with E-state index >= 15 is 0 Å². The number of amides is 2. The second kappa shape index (κ2) is 6.34. The SMILES string of the molecule is Cc1cccc(/C=N\N2CC(=O)N3Cc4[nH]c5ccccc5c4C[C@@H]3C2=O)c1. The van der Waals surface area contributed by atoms with Gasteiger partial charge in [0.2, 0.25) is 5.91 Å². The van der Waals surface area contributed by atoms with Crippen molar-refractivity contribution in [2.45, 2.75) is 25.9 Å². The molecule has 1 N–H and O–H groups in total. The van der Waals surface area contributed by atoms with E-state index in [9.17, 15) is 9.59 Å². The number of benzene rings is 2. The van der Waals surface area contributed by atoms with Gasteiger partial charge in [-0.15, -0.1) is 0 Å². The Morgan fingerprint density at radius 3 is 2.82 bits per heavy atom. The molecule has 140 valence electrons. The van der Waals surface area contributed by atoms with Crippen LogP contribution in [0.1, 0.15) is 22.4 Å². The Morgan fingerprint density at radius 1 is 1.11 bits per heavy atom. The lowest BCUT2D eigenvalue weighted by molar-refractivity contribution is -0.157. The average Bonchev–Trinajstić information content (AvgIpc) is 3.06. The van der Waals surface area contributed by atoms with Crippen LogP contribution in [-0.2, 0) is 22.6 Å². The monoisotopic (exact) mass is 372 g/mol. The van der Waals surface area contributed by atoms with E-state index in [1.165, 1.54) is 5.01 Å². The van der Waals surface area contributed by atoms with Crippen molar-refractivity contribution in [2.75, 3.05) is 6.54 Å². The van der Waals surface area contributed by atoms with Gasteiger partial charge in [0.1, 0.15) is 12.6 Å². The number of carbonyl (C=O) groups is 2. The van der Waals surface area contributed by atoms with Crippen LogP contribution < -0.4 is 0 Å². The first-order valence-corrected chi connectivity index (χ1v) is 9.40. The molecule has 6 heteroatoms. The number of para-hydroxylation sites is 1. The number of fused-ring (bicyclic) bond motifs is 4. The van der Waals surface area contributed by atoms with Crippen molar-refractivity contribution in [1.82, 2.24) is 14.9 Å². The lowest BCUT2D eigenvalue weighted by atomic mass is 9.94. The molecule has 2 amide bonds. The van der Waals surface area contributed by atoms with Crippen molar-refractivity contribution in [3.05, 3.63) is 70.9 Å². The molecule has 0 radical (unpaired) electrons. The summed E-state index contributed by atoms with van der Waals surface area (Å²) in [7, 11) is 0. The van der Waals surface area contributed by atoms with Gasteiger partial charge in [-0.1, -0.05) is 48.0 Å². The van der Waals surface area contributed by atoms with Crippen molar-refractivity contribution < 1.29 is 9.59 Å². The van der Waals surface area contributed by atoms with E-state index in [2.05, 4.69) is 16.2 Å². The first-order valence-electron chi connectivity index (χ1n) is 9.40. The van der Waals surface area contributed by atoms with Crippen LogP contribution in [0.5, 0.6) is 0 Å². The lowest BCUT2D eigenvalue weighted by Gasteiger charge is -2.40. The molecule has 2 aromatic carbocycles. The molecule has 1 saturated heterocycles. The van der Waals surface area contributed by atoms with Crippen molar-refractivity contribution in [2.24, 2.45) is 5.10 Å². The second-order valence-electron chi connectivity index (χ2n) is 7.42. The number of carbonyl (C=O) groups excluding carboxylic acids is 2. The van der Waals surface area contributed by atoms with Gasteiger partial charge < -0.3 is 9.88 Å². The smallest absolute Gasteiger partial charge is 0.266 e. The quantitative estimate of drug-likeness (QED) is 0.703. The Kier molecular flexibility index (Phi) is 3.79. The Morgan fingerprint density at radius 2 is 1.96 bits per heavy atom. The van der Waals surface area contributed by atoms with Crippen LogP contribution in [0.4, 0.5) is 0 Å². The molecular weight excluding hydrogens is 352 g/mol. The van der Waals surface area contributed by atoms with Crippen molar-refractivity contribution >= 4 is 28.9 Å². The fourth-order valence-corrected chi connectivity index (χ4v) is 4.14. The number of nitrogens with zero attached hydrogens (tertiary/aromatic N) is 3. The standard InChI is InChI=1S/C22H20N4O2/c1-14-5-4-6-15(9-14)11-23-26-13-21(27)25-12-19-17(10-20(25)22(26)28)16-7-2-3-8-18(16)24-19/h2-9,11,20,24H,10,12-13H2,1H3/b23-11-/t20-/m1/s1. The summed E-state index contributed by atoms with van der Waals surface area (Å²) in [4.78, 5) is 30.9. The maximum atomic E-state index is 13.1. The zero-order valence-electron chi connectivity index (χ0n) is 15.6. The van der Waals surface area contributed by atoms with E-state index in [4.69, 9.17) is 0 Å². The number of aryl methyl sites for hydroxylation is 1. The number of hydrazone groups is 1. The number of rotatable bonds is 2. The summed E-state index contributed by atoms with van der Waals surface area (Å²) < 4.78 is 0. The second-order valence-corrected chi connectivity index (χ2v) is 7.42. The van der Waals surface area contributed by atoms with E-state index in [0.29, 0.717) is 13.0 Å². The van der Waals surface area contributed by atoms with E-state index in [-0.39, 0.29) is 18.4 Å². The van der Waals surface area contributed by atoms with Gasteiger partial charge in [-0.2, -0.15) is 5.10 Å². The van der Waals surface area contributed by atoms with E-state index in [1.54, 1.807) is 11.1 Å². The molecule has 0 bridgehead atoms. The predicted octanol–water partition coefficient (Wildman–Crippen LogP) is 2.61. The number of hydrogen-bond acceptors (Lipinski definition) is 3. The van der Waals surface area contributed by atoms with Gasteiger partial charge in [-0.3, -0.25) is 9.59 Å². The molecule has 0 saturated carbocycles. The Balaban J connectivity index is 1.45. The third-order valence-corrected chi connectivity index (χ3v) is 5.54. The summed E-state index contributed by atoms with van der Waals surface area (Å²) in [6, 6.07) is 15.4. The number of nitrogens with one attached hydrogen (secondary N) is 1. The molecule has 28 heavy (non-hydrogen) atoms. The molecule has 0 unspecified atom stereocenters. The van der Waals surface area contributed by atoms with Crippen LogP contribution in [0.3, 0.4) is 0 Å².